The van der Waals surface area contributed by atoms with Crippen molar-refractivity contribution in [1.29, 1.82) is 0 Å². The highest BCUT2D eigenvalue weighted by Crippen LogP contribution is 2.27. The summed E-state index contributed by atoms with van der Waals surface area (Å²) >= 11 is 0. The third kappa shape index (κ3) is 3.65. The average Bonchev–Trinajstić information content (AvgIpc) is 2.55. The molecule has 0 aromatic heterocycles. The molecule has 0 bridgehead atoms. The molecule has 2 rings (SSSR count). The first-order valence-electron chi connectivity index (χ1n) is 7.15. The van der Waals surface area contributed by atoms with Crippen molar-refractivity contribution in [3.05, 3.63) is 0 Å². The maximum absolute atomic E-state index is 9.96. The third-order valence-corrected chi connectivity index (χ3v) is 4.05. The summed E-state index contributed by atoms with van der Waals surface area (Å²) in [5.74, 6) is 0. The molecule has 2 saturated heterocycles. The van der Waals surface area contributed by atoms with Gasteiger partial charge in [-0.05, 0) is 0 Å². The monoisotopic (exact) mass is 341 g/mol. The fourth-order valence-corrected chi connectivity index (χ4v) is 2.54. The van der Waals surface area contributed by atoms with Gasteiger partial charge in [-0.3, -0.25) is 0 Å². The first kappa shape index (κ1) is 18.9. The van der Waals surface area contributed by atoms with E-state index in [1.807, 2.05) is 0 Å². The second-order valence-corrected chi connectivity index (χ2v) is 5.62. The Kier molecular flexibility index (Phi) is 6.27. The molecule has 0 unspecified atom stereocenters. The highest BCUT2D eigenvalue weighted by Gasteiger charge is 2.49. The Labute approximate surface area is 131 Å². The summed E-state index contributed by atoms with van der Waals surface area (Å²) in [6.07, 6.45) is -13.0. The van der Waals surface area contributed by atoms with Crippen molar-refractivity contribution in [1.82, 2.24) is 0 Å². The maximum atomic E-state index is 9.96. The zero-order valence-corrected chi connectivity index (χ0v) is 12.1. The van der Waals surface area contributed by atoms with Gasteiger partial charge in [-0.1, -0.05) is 0 Å². The SMILES string of the molecule is N[C@H]1[C@@H](O)[C@H](CO)O[C@@H](O[C@H]2O[C@@H](CO)[C@H](O)[C@@H](O)[C@@H]2O)[C@@H]1O. The van der Waals surface area contributed by atoms with E-state index >= 15 is 0 Å². The summed E-state index contributed by atoms with van der Waals surface area (Å²) in [5.41, 5.74) is 5.62. The van der Waals surface area contributed by atoms with Crippen molar-refractivity contribution < 1.29 is 50.0 Å². The lowest BCUT2D eigenvalue weighted by atomic mass is 9.97. The van der Waals surface area contributed by atoms with Gasteiger partial charge in [0.2, 0.25) is 0 Å². The minimum absolute atomic E-state index is 0.587. The van der Waals surface area contributed by atoms with Gasteiger partial charge in [0, 0.05) is 0 Å². The van der Waals surface area contributed by atoms with Crippen LogP contribution in [0.15, 0.2) is 0 Å². The topological polar surface area (TPSA) is 195 Å². The van der Waals surface area contributed by atoms with E-state index in [4.69, 9.17) is 30.2 Å². The summed E-state index contributed by atoms with van der Waals surface area (Å²) in [7, 11) is 0. The summed E-state index contributed by atoms with van der Waals surface area (Å²) in [6, 6.07) is -1.18. The first-order valence-corrected chi connectivity index (χ1v) is 7.15. The predicted molar refractivity (Wildman–Crippen MR) is 70.6 cm³/mol. The van der Waals surface area contributed by atoms with Crippen LogP contribution in [0.1, 0.15) is 0 Å². The van der Waals surface area contributed by atoms with Crippen LogP contribution in [0.5, 0.6) is 0 Å². The highest BCUT2D eigenvalue weighted by molar-refractivity contribution is 4.93. The summed E-state index contributed by atoms with van der Waals surface area (Å²) in [5, 5.41) is 67.1. The molecule has 2 aliphatic heterocycles. The second kappa shape index (κ2) is 7.63. The molecule has 11 heteroatoms. The molecule has 9 N–H and O–H groups in total. The van der Waals surface area contributed by atoms with E-state index in [0.717, 1.165) is 0 Å². The Morgan fingerprint density at radius 1 is 0.696 bits per heavy atom. The molecule has 11 nitrogen and oxygen atoms in total. The zero-order chi connectivity index (χ0) is 17.3. The number of rotatable bonds is 4. The van der Waals surface area contributed by atoms with Crippen LogP contribution in [0, 0.1) is 0 Å². The largest absolute Gasteiger partial charge is 0.394 e. The first-order chi connectivity index (χ1) is 10.8. The van der Waals surface area contributed by atoms with E-state index in [0.29, 0.717) is 0 Å². The van der Waals surface area contributed by atoms with Crippen LogP contribution in [0.4, 0.5) is 0 Å². The molecular weight excluding hydrogens is 318 g/mol. The van der Waals surface area contributed by atoms with E-state index < -0.39 is 74.6 Å². The molecule has 10 atom stereocenters. The van der Waals surface area contributed by atoms with Gasteiger partial charge in [-0.15, -0.1) is 0 Å². The lowest BCUT2D eigenvalue weighted by Crippen LogP contribution is -2.65. The van der Waals surface area contributed by atoms with Crippen LogP contribution >= 0.6 is 0 Å². The number of hydrogen-bond acceptors (Lipinski definition) is 11. The van der Waals surface area contributed by atoms with E-state index in [-0.39, 0.29) is 0 Å². The van der Waals surface area contributed by atoms with Gasteiger partial charge >= 0.3 is 0 Å². The Bertz CT molecular complexity index is 349. The second-order valence-electron chi connectivity index (χ2n) is 5.62. The number of aliphatic hydroxyl groups excluding tert-OH is 7. The van der Waals surface area contributed by atoms with Crippen molar-refractivity contribution in [3.63, 3.8) is 0 Å². The molecule has 0 radical (unpaired) electrons. The molecule has 0 saturated carbocycles. The average molecular weight is 341 g/mol. The number of nitrogens with two attached hydrogens (primary N) is 1. The fourth-order valence-electron chi connectivity index (χ4n) is 2.54. The predicted octanol–water partition coefficient (Wildman–Crippen LogP) is -5.43. The van der Waals surface area contributed by atoms with Crippen LogP contribution in [-0.2, 0) is 14.2 Å². The molecule has 23 heavy (non-hydrogen) atoms. The van der Waals surface area contributed by atoms with Crippen molar-refractivity contribution in [2.24, 2.45) is 5.73 Å². The summed E-state index contributed by atoms with van der Waals surface area (Å²) in [6.45, 7) is -1.23. The van der Waals surface area contributed by atoms with Crippen LogP contribution in [0.25, 0.3) is 0 Å². The van der Waals surface area contributed by atoms with Gasteiger partial charge in [0.25, 0.3) is 0 Å². The maximum Gasteiger partial charge on any atom is 0.189 e. The van der Waals surface area contributed by atoms with Gasteiger partial charge in [-0.2, -0.15) is 0 Å². The summed E-state index contributed by atoms with van der Waals surface area (Å²) in [4.78, 5) is 0. The minimum Gasteiger partial charge on any atom is -0.394 e. The lowest BCUT2D eigenvalue weighted by molar-refractivity contribution is -0.368. The van der Waals surface area contributed by atoms with Gasteiger partial charge in [0.1, 0.15) is 42.7 Å². The molecule has 0 amide bonds. The Morgan fingerprint density at radius 2 is 1.17 bits per heavy atom. The Morgan fingerprint density at radius 3 is 1.70 bits per heavy atom. The molecule has 2 heterocycles. The smallest absolute Gasteiger partial charge is 0.189 e. The van der Waals surface area contributed by atoms with Crippen LogP contribution in [-0.4, -0.2) is 110 Å². The highest BCUT2D eigenvalue weighted by atomic mass is 16.8. The van der Waals surface area contributed by atoms with E-state index in [1.165, 1.54) is 0 Å². The molecule has 0 aromatic rings. The number of hydrogen-bond donors (Lipinski definition) is 8. The lowest BCUT2D eigenvalue weighted by Gasteiger charge is -2.44. The molecule has 0 aromatic carbocycles. The molecule has 136 valence electrons. The van der Waals surface area contributed by atoms with Crippen molar-refractivity contribution in [2.45, 2.75) is 61.3 Å². The standard InChI is InChI=1S/C12H23NO10/c13-5-6(16)3(1-14)21-11(8(5)18)23-12-10(20)9(19)7(17)4(2-15)22-12/h3-12,14-20H,1-2,13H2/t3-,4-,5-,6-,7-,8+,9+,10-,11-,12+/m0/s1. The number of ether oxygens (including phenoxy) is 3. The molecule has 2 aliphatic rings. The van der Waals surface area contributed by atoms with Gasteiger partial charge < -0.3 is 55.7 Å². The molecule has 0 aliphatic carbocycles. The van der Waals surface area contributed by atoms with Gasteiger partial charge in [-0.25, -0.2) is 0 Å². The van der Waals surface area contributed by atoms with Crippen LogP contribution < -0.4 is 5.73 Å². The van der Waals surface area contributed by atoms with Crippen molar-refractivity contribution in [3.8, 4) is 0 Å². The number of aliphatic hydroxyl groups is 7. The molecule has 2 fully saturated rings. The Hall–Kier alpha value is -0.440. The van der Waals surface area contributed by atoms with E-state index in [9.17, 15) is 25.5 Å². The van der Waals surface area contributed by atoms with E-state index in [2.05, 4.69) is 0 Å². The third-order valence-electron chi connectivity index (χ3n) is 4.05. The van der Waals surface area contributed by atoms with Gasteiger partial charge in [0.15, 0.2) is 12.6 Å². The molecular formula is C12H23NO10. The zero-order valence-electron chi connectivity index (χ0n) is 12.1. The van der Waals surface area contributed by atoms with Crippen molar-refractivity contribution in [2.75, 3.05) is 13.2 Å². The van der Waals surface area contributed by atoms with Crippen LogP contribution in [0.2, 0.25) is 0 Å². The fraction of sp³-hybridized carbons (Fsp3) is 1.00. The van der Waals surface area contributed by atoms with Crippen LogP contribution in [0.3, 0.4) is 0 Å². The van der Waals surface area contributed by atoms with E-state index in [1.54, 1.807) is 0 Å². The summed E-state index contributed by atoms with van der Waals surface area (Å²) < 4.78 is 15.5. The molecule has 0 spiro atoms. The minimum atomic E-state index is -1.68. The normalized spacial score (nSPS) is 51.7. The Balaban J connectivity index is 2.07. The quantitative estimate of drug-likeness (QED) is 0.243. The van der Waals surface area contributed by atoms with Crippen molar-refractivity contribution >= 4 is 0 Å². The van der Waals surface area contributed by atoms with Gasteiger partial charge in [0.05, 0.1) is 19.3 Å².